The molecular formula is C6H9NO3. The van der Waals surface area contributed by atoms with Crippen molar-refractivity contribution in [1.82, 2.24) is 0 Å². The maximum absolute atomic E-state index is 10.7. The van der Waals surface area contributed by atoms with Gasteiger partial charge in [0.2, 0.25) is 0 Å². The summed E-state index contributed by atoms with van der Waals surface area (Å²) in [5.74, 6) is -0.403. The predicted octanol–water partition coefficient (Wildman–Crippen LogP) is -0.0234. The molecule has 1 aliphatic heterocycles. The number of hydrogen-bond acceptors (Lipinski definition) is 4. The summed E-state index contributed by atoms with van der Waals surface area (Å²) in [6, 6.07) is 0. The van der Waals surface area contributed by atoms with Gasteiger partial charge in [-0.2, -0.15) is 0 Å². The van der Waals surface area contributed by atoms with Crippen molar-refractivity contribution in [2.75, 3.05) is 13.7 Å². The maximum Gasteiger partial charge on any atom is 0.393 e. The number of ether oxygens (including phenoxy) is 2. The van der Waals surface area contributed by atoms with Crippen molar-refractivity contribution in [2.24, 2.45) is 4.99 Å². The zero-order valence-electron chi connectivity index (χ0n) is 5.96. The second-order valence-electron chi connectivity index (χ2n) is 2.07. The third kappa shape index (κ3) is 1.26. The van der Waals surface area contributed by atoms with Crippen LogP contribution in [0.4, 0.5) is 0 Å². The highest BCUT2D eigenvalue weighted by Crippen LogP contribution is 2.03. The van der Waals surface area contributed by atoms with Crippen molar-refractivity contribution < 1.29 is 14.3 Å². The molecule has 0 spiro atoms. The fourth-order valence-electron chi connectivity index (χ4n) is 0.677. The van der Waals surface area contributed by atoms with Crippen LogP contribution in [0.5, 0.6) is 0 Å². The Balaban J connectivity index is 2.51. The van der Waals surface area contributed by atoms with Crippen molar-refractivity contribution in [3.63, 3.8) is 0 Å². The van der Waals surface area contributed by atoms with Crippen LogP contribution in [0, 0.1) is 0 Å². The van der Waals surface area contributed by atoms with Gasteiger partial charge in [0.25, 0.3) is 5.90 Å². The molecule has 1 heterocycles. The number of hydrogen-bond donors (Lipinski definition) is 0. The first-order valence-electron chi connectivity index (χ1n) is 3.03. The van der Waals surface area contributed by atoms with E-state index in [-0.39, 0.29) is 12.0 Å². The van der Waals surface area contributed by atoms with Crippen molar-refractivity contribution in [1.29, 1.82) is 0 Å². The maximum atomic E-state index is 10.7. The fourth-order valence-corrected chi connectivity index (χ4v) is 0.677. The average molecular weight is 143 g/mol. The highest BCUT2D eigenvalue weighted by Gasteiger charge is 2.21. The molecule has 0 bridgehead atoms. The summed E-state index contributed by atoms with van der Waals surface area (Å²) in [5.41, 5.74) is 0. The van der Waals surface area contributed by atoms with Gasteiger partial charge in [0.1, 0.15) is 6.10 Å². The van der Waals surface area contributed by atoms with E-state index in [0.29, 0.717) is 6.54 Å². The van der Waals surface area contributed by atoms with Crippen LogP contribution in [0.15, 0.2) is 4.99 Å². The summed E-state index contributed by atoms with van der Waals surface area (Å²) in [4.78, 5) is 14.5. The van der Waals surface area contributed by atoms with E-state index >= 15 is 0 Å². The third-order valence-electron chi connectivity index (χ3n) is 1.16. The smallest absolute Gasteiger partial charge is 0.393 e. The molecule has 0 unspecified atom stereocenters. The Hall–Kier alpha value is -1.06. The van der Waals surface area contributed by atoms with E-state index in [1.807, 2.05) is 6.92 Å². The Morgan fingerprint density at radius 2 is 2.60 bits per heavy atom. The van der Waals surface area contributed by atoms with Gasteiger partial charge in [-0.25, -0.2) is 9.79 Å². The second-order valence-corrected chi connectivity index (χ2v) is 2.07. The van der Waals surface area contributed by atoms with Crippen LogP contribution in [0.1, 0.15) is 6.92 Å². The molecule has 10 heavy (non-hydrogen) atoms. The van der Waals surface area contributed by atoms with Gasteiger partial charge in [-0.05, 0) is 6.92 Å². The van der Waals surface area contributed by atoms with Crippen LogP contribution in [-0.4, -0.2) is 31.6 Å². The highest BCUT2D eigenvalue weighted by atomic mass is 16.6. The molecule has 4 heteroatoms. The number of aliphatic imine (C=N–C) groups is 1. The van der Waals surface area contributed by atoms with Gasteiger partial charge in [-0.3, -0.25) is 0 Å². The van der Waals surface area contributed by atoms with Gasteiger partial charge in [-0.1, -0.05) is 0 Å². The number of carbonyl (C=O) groups is 1. The first kappa shape index (κ1) is 7.05. The molecule has 0 fully saturated rings. The van der Waals surface area contributed by atoms with E-state index < -0.39 is 5.97 Å². The van der Waals surface area contributed by atoms with E-state index in [0.717, 1.165) is 0 Å². The molecule has 56 valence electrons. The first-order valence-corrected chi connectivity index (χ1v) is 3.03. The van der Waals surface area contributed by atoms with E-state index in [1.165, 1.54) is 7.11 Å². The largest absolute Gasteiger partial charge is 0.468 e. The quantitative estimate of drug-likeness (QED) is 0.484. The zero-order valence-corrected chi connectivity index (χ0v) is 5.96. The molecular weight excluding hydrogens is 134 g/mol. The summed E-state index contributed by atoms with van der Waals surface area (Å²) in [5, 5.41) is 0. The minimum Gasteiger partial charge on any atom is -0.468 e. The Bertz CT molecular complexity index is 176. The molecule has 0 radical (unpaired) electrons. The fraction of sp³-hybridized carbons (Fsp3) is 0.667. The van der Waals surface area contributed by atoms with Crippen LogP contribution in [0.2, 0.25) is 0 Å². The molecule has 1 aliphatic rings. The Labute approximate surface area is 58.8 Å². The molecule has 1 rings (SSSR count). The Morgan fingerprint density at radius 3 is 3.00 bits per heavy atom. The minimum atomic E-state index is -0.496. The summed E-state index contributed by atoms with van der Waals surface area (Å²) in [7, 11) is 1.30. The predicted molar refractivity (Wildman–Crippen MR) is 34.9 cm³/mol. The SMILES string of the molecule is COC(=O)C1=NC[C@H](C)O1. The molecule has 0 aliphatic carbocycles. The third-order valence-corrected chi connectivity index (χ3v) is 1.16. The lowest BCUT2D eigenvalue weighted by molar-refractivity contribution is -0.134. The number of methoxy groups -OCH3 is 1. The molecule has 4 nitrogen and oxygen atoms in total. The lowest BCUT2D eigenvalue weighted by Gasteiger charge is -2.01. The van der Waals surface area contributed by atoms with Gasteiger partial charge in [0.05, 0.1) is 13.7 Å². The summed E-state index contributed by atoms with van der Waals surface area (Å²) in [6.45, 7) is 2.39. The monoisotopic (exact) mass is 143 g/mol. The highest BCUT2D eigenvalue weighted by molar-refractivity contribution is 6.32. The van der Waals surface area contributed by atoms with Crippen LogP contribution in [-0.2, 0) is 14.3 Å². The van der Waals surface area contributed by atoms with Crippen molar-refractivity contribution in [3.05, 3.63) is 0 Å². The molecule has 0 amide bonds. The number of nitrogens with zero attached hydrogens (tertiary/aromatic N) is 1. The van der Waals surface area contributed by atoms with Crippen LogP contribution in [0.25, 0.3) is 0 Å². The van der Waals surface area contributed by atoms with E-state index in [2.05, 4.69) is 9.73 Å². The lowest BCUT2D eigenvalue weighted by Crippen LogP contribution is -2.18. The van der Waals surface area contributed by atoms with Crippen molar-refractivity contribution in [3.8, 4) is 0 Å². The summed E-state index contributed by atoms with van der Waals surface area (Å²) >= 11 is 0. The van der Waals surface area contributed by atoms with Gasteiger partial charge in [0.15, 0.2) is 0 Å². The van der Waals surface area contributed by atoms with Gasteiger partial charge in [0, 0.05) is 0 Å². The molecule has 0 N–H and O–H groups in total. The van der Waals surface area contributed by atoms with E-state index in [1.54, 1.807) is 0 Å². The number of carbonyl (C=O) groups excluding carboxylic acids is 1. The van der Waals surface area contributed by atoms with Crippen molar-refractivity contribution in [2.45, 2.75) is 13.0 Å². The number of esters is 1. The van der Waals surface area contributed by atoms with E-state index in [9.17, 15) is 4.79 Å². The lowest BCUT2D eigenvalue weighted by atomic mass is 10.4. The average Bonchev–Trinajstić information content (AvgIpc) is 2.34. The molecule has 0 saturated heterocycles. The Morgan fingerprint density at radius 1 is 1.90 bits per heavy atom. The summed E-state index contributed by atoms with van der Waals surface area (Å²) < 4.78 is 9.38. The van der Waals surface area contributed by atoms with Gasteiger partial charge in [-0.15, -0.1) is 0 Å². The van der Waals surface area contributed by atoms with E-state index in [4.69, 9.17) is 4.74 Å². The van der Waals surface area contributed by atoms with Crippen LogP contribution in [0.3, 0.4) is 0 Å². The number of rotatable bonds is 1. The molecule has 1 atom stereocenters. The first-order chi connectivity index (χ1) is 4.74. The second kappa shape index (κ2) is 2.68. The Kier molecular flexibility index (Phi) is 1.89. The standard InChI is InChI=1S/C6H9NO3/c1-4-3-7-5(10-4)6(8)9-2/h4H,3H2,1-2H3/t4-/m0/s1. The topological polar surface area (TPSA) is 47.9 Å². The van der Waals surface area contributed by atoms with Crippen molar-refractivity contribution >= 4 is 11.9 Å². The minimum absolute atomic E-state index is 0.00843. The molecule has 0 aromatic rings. The normalized spacial score (nSPS) is 23.4. The zero-order chi connectivity index (χ0) is 7.56. The molecule has 0 aromatic carbocycles. The summed E-state index contributed by atoms with van der Waals surface area (Å²) in [6.07, 6.45) is 0.00843. The van der Waals surface area contributed by atoms with Crippen LogP contribution < -0.4 is 0 Å². The molecule has 0 aromatic heterocycles. The molecule has 0 saturated carbocycles. The van der Waals surface area contributed by atoms with Crippen LogP contribution >= 0.6 is 0 Å². The van der Waals surface area contributed by atoms with Gasteiger partial charge < -0.3 is 9.47 Å². The van der Waals surface area contributed by atoms with Gasteiger partial charge >= 0.3 is 5.97 Å².